The van der Waals surface area contributed by atoms with Gasteiger partial charge in [0, 0.05) is 23.0 Å². The molecule has 3 aromatic rings. The number of hydrogen-bond acceptors (Lipinski definition) is 2. The van der Waals surface area contributed by atoms with Crippen LogP contribution in [0.25, 0.3) is 0 Å². The number of aryl methyl sites for hydroxylation is 1. The molecule has 0 saturated carbocycles. The quantitative estimate of drug-likeness (QED) is 0.623. The fourth-order valence-corrected chi connectivity index (χ4v) is 2.84. The maximum absolute atomic E-state index is 6.19. The molecule has 0 aliphatic carbocycles. The van der Waals surface area contributed by atoms with Crippen molar-refractivity contribution in [1.82, 2.24) is 9.78 Å². The van der Waals surface area contributed by atoms with E-state index in [2.05, 4.69) is 34.8 Å². The van der Waals surface area contributed by atoms with Crippen LogP contribution < -0.4 is 10.6 Å². The van der Waals surface area contributed by atoms with Crippen molar-refractivity contribution in [2.24, 2.45) is 0 Å². The van der Waals surface area contributed by atoms with Gasteiger partial charge in [-0.3, -0.25) is 4.68 Å². The maximum Gasteiger partial charge on any atom is 0.176 e. The average molecular weight is 371 g/mol. The van der Waals surface area contributed by atoms with E-state index in [1.165, 1.54) is 5.56 Å². The first-order valence-corrected chi connectivity index (χ1v) is 8.86. The van der Waals surface area contributed by atoms with Gasteiger partial charge in [0.2, 0.25) is 0 Å². The summed E-state index contributed by atoms with van der Waals surface area (Å²) in [7, 11) is 0. The Hall–Kier alpha value is -2.37. The molecule has 0 aliphatic heterocycles. The fourth-order valence-electron chi connectivity index (χ4n) is 2.42. The lowest BCUT2D eigenvalue weighted by atomic mass is 10.1. The highest BCUT2D eigenvalue weighted by molar-refractivity contribution is 7.80. The average Bonchev–Trinajstić information content (AvgIpc) is 3.04. The summed E-state index contributed by atoms with van der Waals surface area (Å²) in [6, 6.07) is 17.8. The molecule has 3 rings (SSSR count). The second kappa shape index (κ2) is 8.14. The van der Waals surface area contributed by atoms with Crippen LogP contribution in [-0.2, 0) is 13.0 Å². The molecule has 0 fully saturated rings. The van der Waals surface area contributed by atoms with Gasteiger partial charge in [-0.1, -0.05) is 48.9 Å². The van der Waals surface area contributed by atoms with Crippen molar-refractivity contribution in [2.45, 2.75) is 19.9 Å². The summed E-state index contributed by atoms with van der Waals surface area (Å²) in [5.74, 6) is 0.690. The summed E-state index contributed by atoms with van der Waals surface area (Å²) >= 11 is 11.5. The van der Waals surface area contributed by atoms with Gasteiger partial charge in [0.25, 0.3) is 0 Å². The number of halogens is 1. The number of benzene rings is 2. The summed E-state index contributed by atoms with van der Waals surface area (Å²) in [6.45, 7) is 2.74. The van der Waals surface area contributed by atoms with E-state index in [1.54, 1.807) is 0 Å². The van der Waals surface area contributed by atoms with Crippen molar-refractivity contribution in [1.29, 1.82) is 0 Å². The zero-order valence-corrected chi connectivity index (χ0v) is 15.4. The monoisotopic (exact) mass is 370 g/mol. The van der Waals surface area contributed by atoms with Gasteiger partial charge in [-0.25, -0.2) is 0 Å². The Kier molecular flexibility index (Phi) is 5.68. The Bertz CT molecular complexity index is 858. The number of nitrogens with one attached hydrogen (secondary N) is 2. The molecular weight excluding hydrogens is 352 g/mol. The van der Waals surface area contributed by atoms with E-state index in [1.807, 2.05) is 53.3 Å². The van der Waals surface area contributed by atoms with Crippen LogP contribution in [-0.4, -0.2) is 14.9 Å². The molecule has 0 radical (unpaired) electrons. The van der Waals surface area contributed by atoms with Crippen LogP contribution in [0.2, 0.25) is 5.02 Å². The number of anilines is 2. The van der Waals surface area contributed by atoms with E-state index in [0.717, 1.165) is 22.7 Å². The number of hydrogen-bond donors (Lipinski definition) is 2. The molecule has 0 bridgehead atoms. The first-order valence-electron chi connectivity index (χ1n) is 8.08. The minimum absolute atomic E-state index is 0.507. The molecule has 2 aromatic carbocycles. The molecule has 6 heteroatoms. The molecule has 0 atom stereocenters. The molecule has 0 spiro atoms. The Balaban J connectivity index is 1.58. The van der Waals surface area contributed by atoms with Crippen LogP contribution >= 0.6 is 23.8 Å². The van der Waals surface area contributed by atoms with Gasteiger partial charge < -0.3 is 10.6 Å². The molecule has 1 aromatic heterocycles. The van der Waals surface area contributed by atoms with E-state index >= 15 is 0 Å². The van der Waals surface area contributed by atoms with Gasteiger partial charge in [-0.15, -0.1) is 0 Å². The van der Waals surface area contributed by atoms with Crippen molar-refractivity contribution in [3.63, 3.8) is 0 Å². The lowest BCUT2D eigenvalue weighted by Crippen LogP contribution is -2.19. The molecular formula is C19H19ClN4S. The third-order valence-electron chi connectivity index (χ3n) is 3.79. The third-order valence-corrected chi connectivity index (χ3v) is 4.37. The fraction of sp³-hybridized carbons (Fsp3) is 0.158. The van der Waals surface area contributed by atoms with Crippen molar-refractivity contribution in [3.8, 4) is 0 Å². The Morgan fingerprint density at radius 3 is 2.56 bits per heavy atom. The van der Waals surface area contributed by atoms with Crippen LogP contribution in [0.4, 0.5) is 11.5 Å². The van der Waals surface area contributed by atoms with Gasteiger partial charge in [0.1, 0.15) is 0 Å². The summed E-state index contributed by atoms with van der Waals surface area (Å²) in [5.41, 5.74) is 3.27. The van der Waals surface area contributed by atoms with Gasteiger partial charge >= 0.3 is 0 Å². The second-order valence-electron chi connectivity index (χ2n) is 5.62. The van der Waals surface area contributed by atoms with E-state index in [-0.39, 0.29) is 0 Å². The maximum atomic E-state index is 6.19. The number of thiocarbonyl (C=S) groups is 1. The molecule has 128 valence electrons. The zero-order chi connectivity index (χ0) is 17.6. The minimum Gasteiger partial charge on any atom is -0.332 e. The van der Waals surface area contributed by atoms with Crippen LogP contribution in [0, 0.1) is 0 Å². The van der Waals surface area contributed by atoms with Gasteiger partial charge in [0.05, 0.1) is 6.54 Å². The Morgan fingerprint density at radius 2 is 1.84 bits per heavy atom. The minimum atomic E-state index is 0.507. The summed E-state index contributed by atoms with van der Waals surface area (Å²) in [6.07, 6.45) is 2.91. The number of aromatic nitrogens is 2. The van der Waals surface area contributed by atoms with Crippen molar-refractivity contribution < 1.29 is 0 Å². The lowest BCUT2D eigenvalue weighted by Gasteiger charge is -2.09. The Labute approximate surface area is 157 Å². The van der Waals surface area contributed by atoms with Crippen molar-refractivity contribution in [2.75, 3.05) is 10.6 Å². The highest BCUT2D eigenvalue weighted by atomic mass is 35.5. The zero-order valence-electron chi connectivity index (χ0n) is 13.9. The van der Waals surface area contributed by atoms with Gasteiger partial charge in [0.15, 0.2) is 10.9 Å². The normalized spacial score (nSPS) is 10.5. The van der Waals surface area contributed by atoms with Crippen LogP contribution in [0.15, 0.2) is 60.8 Å². The first-order chi connectivity index (χ1) is 12.1. The third kappa shape index (κ3) is 4.81. The summed E-state index contributed by atoms with van der Waals surface area (Å²) in [4.78, 5) is 0. The van der Waals surface area contributed by atoms with Gasteiger partial charge in [-0.05, 0) is 48.0 Å². The highest BCUT2D eigenvalue weighted by Gasteiger charge is 2.05. The number of rotatable bonds is 5. The first kappa shape index (κ1) is 17.5. The van der Waals surface area contributed by atoms with E-state index in [4.69, 9.17) is 23.8 Å². The van der Waals surface area contributed by atoms with E-state index in [9.17, 15) is 0 Å². The van der Waals surface area contributed by atoms with Crippen LogP contribution in [0.1, 0.15) is 18.1 Å². The SMILES string of the molecule is CCc1ccc(NC(=S)Nc2ccn(Cc3ccccc3Cl)n2)cc1. The van der Waals surface area contributed by atoms with E-state index in [0.29, 0.717) is 17.5 Å². The standard InChI is InChI=1S/C19H19ClN4S/c1-2-14-7-9-16(10-8-14)21-19(25)22-18-11-12-24(23-18)13-15-5-3-4-6-17(15)20/h3-12H,2,13H2,1H3,(H2,21,22,23,25). The molecule has 0 saturated heterocycles. The predicted molar refractivity (Wildman–Crippen MR) is 108 cm³/mol. The molecule has 0 amide bonds. The highest BCUT2D eigenvalue weighted by Crippen LogP contribution is 2.16. The largest absolute Gasteiger partial charge is 0.332 e. The van der Waals surface area contributed by atoms with Crippen molar-refractivity contribution in [3.05, 3.63) is 76.9 Å². The summed E-state index contributed by atoms with van der Waals surface area (Å²) in [5, 5.41) is 12.0. The molecule has 25 heavy (non-hydrogen) atoms. The Morgan fingerprint density at radius 1 is 1.08 bits per heavy atom. The van der Waals surface area contributed by atoms with Crippen molar-refractivity contribution >= 4 is 40.4 Å². The molecule has 0 aliphatic rings. The lowest BCUT2D eigenvalue weighted by molar-refractivity contribution is 0.690. The topological polar surface area (TPSA) is 41.9 Å². The van der Waals surface area contributed by atoms with Crippen LogP contribution in [0.5, 0.6) is 0 Å². The molecule has 2 N–H and O–H groups in total. The van der Waals surface area contributed by atoms with E-state index < -0.39 is 0 Å². The smallest absolute Gasteiger partial charge is 0.176 e. The molecule has 0 unspecified atom stereocenters. The summed E-state index contributed by atoms with van der Waals surface area (Å²) < 4.78 is 1.82. The molecule has 1 heterocycles. The predicted octanol–water partition coefficient (Wildman–Crippen LogP) is 4.96. The van der Waals surface area contributed by atoms with Gasteiger partial charge in [-0.2, -0.15) is 5.10 Å². The van der Waals surface area contributed by atoms with Crippen LogP contribution in [0.3, 0.4) is 0 Å². The molecule has 4 nitrogen and oxygen atoms in total. The second-order valence-corrected chi connectivity index (χ2v) is 6.44. The number of nitrogens with zero attached hydrogens (tertiary/aromatic N) is 2.